The smallest absolute Gasteiger partial charge is 0.243 e. The molecule has 0 aromatic carbocycles. The molecule has 3 aromatic rings. The lowest BCUT2D eigenvalue weighted by molar-refractivity contribution is 0.288. The maximum absolute atomic E-state index is 5.41. The van der Waals surface area contributed by atoms with Gasteiger partial charge < -0.3 is 9.84 Å². The van der Waals surface area contributed by atoms with Crippen LogP contribution in [0.2, 0.25) is 0 Å². The van der Waals surface area contributed by atoms with Gasteiger partial charge in [-0.3, -0.25) is 0 Å². The van der Waals surface area contributed by atoms with Crippen LogP contribution in [0.25, 0.3) is 10.7 Å². The Hall–Kier alpha value is -2.06. The maximum atomic E-state index is 5.41. The number of aromatic nitrogens is 5. The summed E-state index contributed by atoms with van der Waals surface area (Å²) in [5.41, 5.74) is 0. The number of nitrogens with zero attached hydrogens (tertiary/aromatic N) is 5. The van der Waals surface area contributed by atoms with Gasteiger partial charge in [0.15, 0.2) is 0 Å². The third kappa shape index (κ3) is 2.91. The van der Waals surface area contributed by atoms with Crippen molar-refractivity contribution in [1.82, 2.24) is 30.2 Å². The first-order valence-corrected chi connectivity index (χ1v) is 8.61. The molecule has 0 saturated heterocycles. The van der Waals surface area contributed by atoms with Crippen molar-refractivity contribution in [3.63, 3.8) is 0 Å². The largest absolute Gasteiger partial charge is 0.337 e. The minimum atomic E-state index is 0.00683. The highest BCUT2D eigenvalue weighted by molar-refractivity contribution is 7.13. The zero-order valence-electron chi connectivity index (χ0n) is 13.1. The van der Waals surface area contributed by atoms with Crippen LogP contribution < -0.4 is 5.32 Å². The molecule has 1 aliphatic rings. The number of nitrogens with one attached hydrogen (secondary N) is 1. The monoisotopic (exact) mass is 330 g/mol. The molecule has 0 unspecified atom stereocenters. The third-order valence-corrected chi connectivity index (χ3v) is 4.87. The van der Waals surface area contributed by atoms with Gasteiger partial charge in [-0.15, -0.1) is 11.3 Å². The second kappa shape index (κ2) is 5.86. The van der Waals surface area contributed by atoms with Crippen molar-refractivity contribution >= 4 is 11.3 Å². The topological polar surface area (TPSA) is 81.7 Å². The first-order chi connectivity index (χ1) is 11.2. The van der Waals surface area contributed by atoms with E-state index in [1.807, 2.05) is 36.0 Å². The van der Waals surface area contributed by atoms with Gasteiger partial charge in [0, 0.05) is 12.5 Å². The molecule has 7 nitrogen and oxygen atoms in total. The molecule has 0 fully saturated rings. The summed E-state index contributed by atoms with van der Waals surface area (Å²) in [6.07, 6.45) is 1.98. The highest BCUT2D eigenvalue weighted by Crippen LogP contribution is 2.23. The maximum Gasteiger partial charge on any atom is 0.243 e. The van der Waals surface area contributed by atoms with Crippen molar-refractivity contribution in [1.29, 1.82) is 0 Å². The fraction of sp³-hybridized carbons (Fsp3) is 0.467. The van der Waals surface area contributed by atoms with E-state index in [0.29, 0.717) is 17.8 Å². The van der Waals surface area contributed by atoms with E-state index >= 15 is 0 Å². The average Bonchev–Trinajstić information content (AvgIpc) is 3.26. The van der Waals surface area contributed by atoms with Crippen molar-refractivity contribution < 1.29 is 4.52 Å². The number of rotatable bonds is 4. The summed E-state index contributed by atoms with van der Waals surface area (Å²) < 4.78 is 7.41. The lowest BCUT2D eigenvalue weighted by atomic mass is 10.1. The molecule has 0 aliphatic carbocycles. The van der Waals surface area contributed by atoms with E-state index in [4.69, 9.17) is 4.52 Å². The Morgan fingerprint density at radius 3 is 3.17 bits per heavy atom. The quantitative estimate of drug-likeness (QED) is 0.791. The van der Waals surface area contributed by atoms with Crippen LogP contribution in [0.3, 0.4) is 0 Å². The van der Waals surface area contributed by atoms with Crippen molar-refractivity contribution in [2.75, 3.05) is 0 Å². The van der Waals surface area contributed by atoms with Crippen LogP contribution in [0.1, 0.15) is 36.9 Å². The molecular formula is C15H18N6OS. The molecule has 1 N–H and O–H groups in total. The number of hydrogen-bond acceptors (Lipinski definition) is 7. The van der Waals surface area contributed by atoms with Crippen LogP contribution >= 0.6 is 11.3 Å². The first kappa shape index (κ1) is 14.5. The Balaban J connectivity index is 1.43. The van der Waals surface area contributed by atoms with Crippen molar-refractivity contribution in [2.45, 2.75) is 45.3 Å². The van der Waals surface area contributed by atoms with Gasteiger partial charge in [0.1, 0.15) is 11.6 Å². The fourth-order valence-electron chi connectivity index (χ4n) is 2.91. The summed E-state index contributed by atoms with van der Waals surface area (Å²) >= 11 is 1.61. The van der Waals surface area contributed by atoms with E-state index in [1.54, 1.807) is 11.3 Å². The summed E-state index contributed by atoms with van der Waals surface area (Å²) in [5, 5.41) is 14.1. The number of hydrogen-bond donors (Lipinski definition) is 1. The Labute approximate surface area is 137 Å². The normalized spacial score (nSPS) is 18.8. The van der Waals surface area contributed by atoms with Crippen LogP contribution in [0, 0.1) is 6.92 Å². The summed E-state index contributed by atoms with van der Waals surface area (Å²) in [6, 6.07) is 4.31. The van der Waals surface area contributed by atoms with Gasteiger partial charge in [-0.2, -0.15) is 10.1 Å². The number of fused-ring (bicyclic) bond motifs is 1. The van der Waals surface area contributed by atoms with Crippen LogP contribution in [0.4, 0.5) is 0 Å². The Bertz CT molecular complexity index is 793. The first-order valence-electron chi connectivity index (χ1n) is 7.73. The fourth-order valence-corrected chi connectivity index (χ4v) is 3.56. The van der Waals surface area contributed by atoms with E-state index in [2.05, 4.69) is 25.5 Å². The lowest BCUT2D eigenvalue weighted by Crippen LogP contribution is -2.39. The SMILES string of the molecule is Cc1nc2n(n1)C[C@@H](N[C@@H](C)c1nc(-c3cccs3)no1)CC2. The van der Waals surface area contributed by atoms with Gasteiger partial charge in [0.2, 0.25) is 11.7 Å². The van der Waals surface area contributed by atoms with Gasteiger partial charge in [-0.25, -0.2) is 9.67 Å². The predicted octanol–water partition coefficient (Wildman–Crippen LogP) is 2.36. The predicted molar refractivity (Wildman–Crippen MR) is 86.0 cm³/mol. The second-order valence-corrected chi connectivity index (χ2v) is 6.76. The molecule has 120 valence electrons. The highest BCUT2D eigenvalue weighted by Gasteiger charge is 2.24. The molecule has 0 spiro atoms. The molecular weight excluding hydrogens is 312 g/mol. The molecule has 23 heavy (non-hydrogen) atoms. The van der Waals surface area contributed by atoms with Gasteiger partial charge in [0.25, 0.3) is 0 Å². The molecule has 3 aromatic heterocycles. The zero-order chi connectivity index (χ0) is 15.8. The minimum Gasteiger partial charge on any atom is -0.337 e. The van der Waals surface area contributed by atoms with E-state index in [0.717, 1.165) is 35.9 Å². The molecule has 0 bridgehead atoms. The molecule has 0 amide bonds. The Morgan fingerprint density at radius 1 is 1.43 bits per heavy atom. The van der Waals surface area contributed by atoms with Crippen LogP contribution in [0.15, 0.2) is 22.0 Å². The van der Waals surface area contributed by atoms with Crippen molar-refractivity contribution in [3.05, 3.63) is 35.1 Å². The summed E-state index contributed by atoms with van der Waals surface area (Å²) in [7, 11) is 0. The molecule has 8 heteroatoms. The summed E-state index contributed by atoms with van der Waals surface area (Å²) in [6.45, 7) is 4.81. The molecule has 0 radical (unpaired) electrons. The van der Waals surface area contributed by atoms with Crippen LogP contribution in [-0.2, 0) is 13.0 Å². The van der Waals surface area contributed by atoms with Crippen LogP contribution in [0.5, 0.6) is 0 Å². The van der Waals surface area contributed by atoms with Gasteiger partial charge >= 0.3 is 0 Å². The second-order valence-electron chi connectivity index (χ2n) is 5.81. The van der Waals surface area contributed by atoms with E-state index in [1.165, 1.54) is 0 Å². The summed E-state index contributed by atoms with van der Waals surface area (Å²) in [5.74, 6) is 3.19. The van der Waals surface area contributed by atoms with E-state index < -0.39 is 0 Å². The average molecular weight is 330 g/mol. The van der Waals surface area contributed by atoms with Gasteiger partial charge in [-0.1, -0.05) is 11.2 Å². The lowest BCUT2D eigenvalue weighted by Gasteiger charge is -2.25. The Morgan fingerprint density at radius 2 is 2.35 bits per heavy atom. The minimum absolute atomic E-state index is 0.00683. The van der Waals surface area contributed by atoms with Crippen LogP contribution in [-0.4, -0.2) is 30.9 Å². The Kier molecular flexibility index (Phi) is 3.70. The molecule has 1 aliphatic heterocycles. The third-order valence-electron chi connectivity index (χ3n) is 4.00. The standard InChI is InChI=1S/C15H18N6OS/c1-9(15-18-14(20-22-15)12-4-3-7-23-12)16-11-5-6-13-17-10(2)19-21(13)8-11/h3-4,7,9,11,16H,5-6,8H2,1-2H3/t9-,11-/m0/s1. The number of aryl methyl sites for hydroxylation is 2. The summed E-state index contributed by atoms with van der Waals surface area (Å²) in [4.78, 5) is 9.96. The van der Waals surface area contributed by atoms with Gasteiger partial charge in [0.05, 0.1) is 17.5 Å². The zero-order valence-corrected chi connectivity index (χ0v) is 13.9. The molecule has 2 atom stereocenters. The molecule has 0 saturated carbocycles. The highest BCUT2D eigenvalue weighted by atomic mass is 32.1. The molecule has 4 heterocycles. The van der Waals surface area contributed by atoms with Gasteiger partial charge in [-0.05, 0) is 31.7 Å². The van der Waals surface area contributed by atoms with E-state index in [9.17, 15) is 0 Å². The number of thiophene rings is 1. The molecule has 4 rings (SSSR count). The van der Waals surface area contributed by atoms with Crippen molar-refractivity contribution in [3.8, 4) is 10.7 Å². The van der Waals surface area contributed by atoms with Crippen molar-refractivity contribution in [2.24, 2.45) is 0 Å². The van der Waals surface area contributed by atoms with E-state index in [-0.39, 0.29) is 6.04 Å².